The van der Waals surface area contributed by atoms with Crippen molar-refractivity contribution in [2.24, 2.45) is 0 Å². The zero-order valence-electron chi connectivity index (χ0n) is 16.9. The van der Waals surface area contributed by atoms with E-state index in [1.165, 1.54) is 57.1 Å². The molecule has 0 saturated heterocycles. The summed E-state index contributed by atoms with van der Waals surface area (Å²) in [5.41, 5.74) is 0. The normalized spacial score (nSPS) is 11.2. The number of benzene rings is 1. The quantitative estimate of drug-likeness (QED) is 0.300. The Hall–Kier alpha value is 0.190. The van der Waals surface area contributed by atoms with Gasteiger partial charge in [0.15, 0.2) is 0 Å². The Labute approximate surface area is 180 Å². The molecule has 24 heavy (non-hydrogen) atoms. The van der Waals surface area contributed by atoms with Crippen molar-refractivity contribution >= 4 is 47.9 Å². The zero-order valence-corrected chi connectivity index (χ0v) is 17.9. The summed E-state index contributed by atoms with van der Waals surface area (Å²) in [7, 11) is -3.85. The first-order valence-corrected chi connectivity index (χ1v) is 10.2. The van der Waals surface area contributed by atoms with Gasteiger partial charge >= 0.3 is 47.9 Å². The minimum Gasteiger partial charge on any atom is -1.00 e. The molecule has 0 heterocycles. The molecule has 0 radical (unpaired) electrons. The largest absolute Gasteiger partial charge is 2.00 e. The van der Waals surface area contributed by atoms with Gasteiger partial charge in [0.2, 0.25) is 0 Å². The molecule has 4 nitrogen and oxygen atoms in total. The number of phenolic OH excluding ortho intramolecular Hbond substituents is 1. The van der Waals surface area contributed by atoms with Crippen LogP contribution in [0, 0.1) is 0 Å². The van der Waals surface area contributed by atoms with E-state index in [9.17, 15) is 13.5 Å². The van der Waals surface area contributed by atoms with E-state index in [2.05, 4.69) is 6.92 Å². The molecule has 0 amide bonds. The second-order valence-electron chi connectivity index (χ2n) is 5.93. The van der Waals surface area contributed by atoms with Crippen LogP contribution in [0.3, 0.4) is 0 Å². The molecule has 0 aliphatic rings. The topological polar surface area (TPSA) is 63.6 Å². The van der Waals surface area contributed by atoms with Crippen LogP contribution in [0.2, 0.25) is 0 Å². The first kappa shape index (κ1) is 24.2. The van der Waals surface area contributed by atoms with Gasteiger partial charge in [-0.1, -0.05) is 76.8 Å². The van der Waals surface area contributed by atoms with Gasteiger partial charge in [0, 0.05) is 0 Å². The number of hydrogen-bond acceptors (Lipinski definition) is 4. The average molecular weight is 385 g/mol. The zero-order chi connectivity index (χ0) is 17.0. The second-order valence-corrected chi connectivity index (χ2v) is 7.51. The fraction of sp³-hybridized carbons (Fsp3) is 0.667. The molecule has 0 bridgehead atoms. The smallest absolute Gasteiger partial charge is 1.00 e. The molecule has 0 aliphatic carbocycles. The minimum atomic E-state index is -3.85. The van der Waals surface area contributed by atoms with Crippen molar-refractivity contribution < 1.29 is 20.6 Å². The van der Waals surface area contributed by atoms with E-state index in [1.54, 1.807) is 12.1 Å². The van der Waals surface area contributed by atoms with Crippen LogP contribution in [-0.4, -0.2) is 57.9 Å². The molecule has 136 valence electrons. The molecule has 6 heteroatoms. The number of rotatable bonds is 13. The van der Waals surface area contributed by atoms with Gasteiger partial charge in [-0.3, -0.25) is 4.18 Å². The molecule has 0 aliphatic heterocycles. The summed E-state index contributed by atoms with van der Waals surface area (Å²) in [5, 5.41) is 9.56. The van der Waals surface area contributed by atoms with E-state index in [-0.39, 0.29) is 57.8 Å². The van der Waals surface area contributed by atoms with Crippen LogP contribution in [0.15, 0.2) is 29.2 Å². The molecule has 0 aromatic heterocycles. The Balaban J connectivity index is -0.00000176. The number of aromatic hydroxyl groups is 1. The predicted molar refractivity (Wildman–Crippen MR) is 101 cm³/mol. The molecule has 0 atom stereocenters. The Morgan fingerprint density at radius 3 is 1.96 bits per heavy atom. The van der Waals surface area contributed by atoms with Gasteiger partial charge in [-0.25, -0.2) is 0 Å². The van der Waals surface area contributed by atoms with Crippen LogP contribution in [0.1, 0.15) is 74.0 Å². The van der Waals surface area contributed by atoms with Gasteiger partial charge in [-0.2, -0.15) is 8.42 Å². The third-order valence-corrected chi connectivity index (χ3v) is 5.23. The summed E-state index contributed by atoms with van der Waals surface area (Å²) in [6.07, 6.45) is 11.9. The molecular weight excluding hydrogens is 352 g/mol. The molecule has 0 saturated carbocycles. The van der Waals surface area contributed by atoms with Crippen LogP contribution in [-0.2, 0) is 14.3 Å². The van der Waals surface area contributed by atoms with Crippen molar-refractivity contribution in [3.8, 4) is 5.75 Å². The van der Waals surface area contributed by atoms with Crippen molar-refractivity contribution in [3.63, 3.8) is 0 Å². The average Bonchev–Trinajstić information content (AvgIpc) is 2.53. The van der Waals surface area contributed by atoms with Crippen LogP contribution in [0.4, 0.5) is 0 Å². The van der Waals surface area contributed by atoms with Crippen molar-refractivity contribution in [2.45, 2.75) is 76.0 Å². The monoisotopic (exact) mass is 384 g/mol. The van der Waals surface area contributed by atoms with Gasteiger partial charge in [0.05, 0.1) is 6.61 Å². The van der Waals surface area contributed by atoms with E-state index in [0.29, 0.717) is 0 Å². The summed E-state index contributed by atoms with van der Waals surface area (Å²) >= 11 is 0. The third kappa shape index (κ3) is 10.2. The van der Waals surface area contributed by atoms with Gasteiger partial charge in [0.1, 0.15) is 10.6 Å². The maximum Gasteiger partial charge on any atom is 2.00 e. The standard InChI is InChI=1S/C18H30O4S.Ca.2H/c1-2-3-4-5-6-7-8-9-10-13-16-22-23(20,21)18-15-12-11-14-17(18)19;;;/h11-12,14-15,19H,2-10,13,16H2,1H3;;;/q;+2;2*-1. The van der Waals surface area contributed by atoms with Crippen LogP contribution < -0.4 is 0 Å². The summed E-state index contributed by atoms with van der Waals surface area (Å²) < 4.78 is 28.8. The van der Waals surface area contributed by atoms with E-state index in [4.69, 9.17) is 4.18 Å². The predicted octanol–water partition coefficient (Wildman–Crippen LogP) is 4.86. The Morgan fingerprint density at radius 1 is 0.917 bits per heavy atom. The fourth-order valence-electron chi connectivity index (χ4n) is 2.49. The van der Waals surface area contributed by atoms with E-state index in [1.807, 2.05) is 0 Å². The summed E-state index contributed by atoms with van der Waals surface area (Å²) in [5.74, 6) is -0.268. The van der Waals surface area contributed by atoms with Crippen LogP contribution in [0.25, 0.3) is 0 Å². The van der Waals surface area contributed by atoms with E-state index in [0.717, 1.165) is 19.3 Å². The fourth-order valence-corrected chi connectivity index (χ4v) is 3.52. The first-order chi connectivity index (χ1) is 11.1. The maximum absolute atomic E-state index is 11.9. The molecule has 1 aromatic rings. The van der Waals surface area contributed by atoms with E-state index >= 15 is 0 Å². The van der Waals surface area contributed by atoms with Gasteiger partial charge in [0.25, 0.3) is 0 Å². The molecule has 0 unspecified atom stereocenters. The van der Waals surface area contributed by atoms with Crippen molar-refractivity contribution in [1.82, 2.24) is 0 Å². The molecule has 1 N–H and O–H groups in total. The van der Waals surface area contributed by atoms with Crippen LogP contribution in [0.5, 0.6) is 5.75 Å². The summed E-state index contributed by atoms with van der Waals surface area (Å²) in [4.78, 5) is -0.160. The Bertz CT molecular complexity index is 542. The maximum atomic E-state index is 11.9. The van der Waals surface area contributed by atoms with Crippen LogP contribution >= 0.6 is 0 Å². The molecule has 1 aromatic carbocycles. The number of unbranched alkanes of at least 4 members (excludes halogenated alkanes) is 9. The number of hydrogen-bond donors (Lipinski definition) is 1. The Kier molecular flexibility index (Phi) is 14.5. The van der Waals surface area contributed by atoms with Gasteiger partial charge in [-0.15, -0.1) is 0 Å². The molecule has 0 fully saturated rings. The Morgan fingerprint density at radius 2 is 1.42 bits per heavy atom. The van der Waals surface area contributed by atoms with Crippen molar-refractivity contribution in [2.75, 3.05) is 6.61 Å². The van der Waals surface area contributed by atoms with Gasteiger partial charge < -0.3 is 7.96 Å². The number of para-hydroxylation sites is 1. The molecule has 0 spiro atoms. The third-order valence-electron chi connectivity index (χ3n) is 3.87. The first-order valence-electron chi connectivity index (χ1n) is 8.75. The van der Waals surface area contributed by atoms with E-state index < -0.39 is 10.1 Å². The minimum absolute atomic E-state index is 0. The second kappa shape index (κ2) is 14.4. The summed E-state index contributed by atoms with van der Waals surface area (Å²) in [6, 6.07) is 5.84. The van der Waals surface area contributed by atoms with Gasteiger partial charge in [-0.05, 0) is 18.6 Å². The summed E-state index contributed by atoms with van der Waals surface area (Å²) in [6.45, 7) is 2.40. The SMILES string of the molecule is CCCCCCCCCCCCOS(=O)(=O)c1ccccc1O.[Ca+2].[H-].[H-]. The molecule has 1 rings (SSSR count). The number of phenols is 1. The van der Waals surface area contributed by atoms with Crippen molar-refractivity contribution in [3.05, 3.63) is 24.3 Å². The molecular formula is C18H32CaO4S. The van der Waals surface area contributed by atoms with Crippen molar-refractivity contribution in [1.29, 1.82) is 0 Å².